The van der Waals surface area contributed by atoms with Gasteiger partial charge in [0.15, 0.2) is 0 Å². The summed E-state index contributed by atoms with van der Waals surface area (Å²) in [5.41, 5.74) is -0.577. The quantitative estimate of drug-likeness (QED) is 0.403. The van der Waals surface area contributed by atoms with Crippen molar-refractivity contribution in [3.8, 4) is 0 Å². The SMILES string of the molecule is O=P1(O)OCCC1C[C@H]1C[C@H](O)[C@@H](O)[C@@H](O)[C@@H]1O. The molecule has 7 nitrogen and oxygen atoms in total. The maximum Gasteiger partial charge on any atom is 0.331 e. The van der Waals surface area contributed by atoms with Gasteiger partial charge < -0.3 is 29.8 Å². The molecule has 106 valence electrons. The van der Waals surface area contributed by atoms with Crippen molar-refractivity contribution in [2.45, 2.75) is 49.3 Å². The molecule has 1 saturated carbocycles. The lowest BCUT2D eigenvalue weighted by molar-refractivity contribution is -0.158. The average molecular weight is 282 g/mol. The lowest BCUT2D eigenvalue weighted by Gasteiger charge is -2.39. The molecule has 2 rings (SSSR count). The molecule has 1 aliphatic heterocycles. The molecule has 0 aromatic heterocycles. The summed E-state index contributed by atoms with van der Waals surface area (Å²) in [6.45, 7) is 0.203. The van der Waals surface area contributed by atoms with E-state index in [9.17, 15) is 29.9 Å². The van der Waals surface area contributed by atoms with E-state index in [1.807, 2.05) is 0 Å². The van der Waals surface area contributed by atoms with E-state index in [1.54, 1.807) is 0 Å². The molecule has 2 fully saturated rings. The fourth-order valence-corrected chi connectivity index (χ4v) is 4.27. The zero-order chi connectivity index (χ0) is 13.5. The highest BCUT2D eigenvalue weighted by atomic mass is 31.2. The van der Waals surface area contributed by atoms with E-state index in [0.29, 0.717) is 6.42 Å². The van der Waals surface area contributed by atoms with Crippen LogP contribution >= 0.6 is 7.60 Å². The zero-order valence-corrected chi connectivity index (χ0v) is 10.7. The van der Waals surface area contributed by atoms with E-state index in [-0.39, 0.29) is 19.4 Å². The van der Waals surface area contributed by atoms with Crippen LogP contribution in [0.25, 0.3) is 0 Å². The van der Waals surface area contributed by atoms with E-state index in [1.165, 1.54) is 0 Å². The van der Waals surface area contributed by atoms with Crippen LogP contribution in [0.15, 0.2) is 0 Å². The number of hydrogen-bond acceptors (Lipinski definition) is 6. The largest absolute Gasteiger partial charge is 0.390 e. The van der Waals surface area contributed by atoms with Crippen molar-refractivity contribution >= 4 is 7.60 Å². The summed E-state index contributed by atoms with van der Waals surface area (Å²) in [5, 5.41) is 38.4. The van der Waals surface area contributed by atoms with Gasteiger partial charge in [0.05, 0.1) is 24.5 Å². The van der Waals surface area contributed by atoms with Gasteiger partial charge in [-0.15, -0.1) is 0 Å². The summed E-state index contributed by atoms with van der Waals surface area (Å²) < 4.78 is 16.4. The van der Waals surface area contributed by atoms with Crippen LogP contribution < -0.4 is 0 Å². The van der Waals surface area contributed by atoms with Crippen molar-refractivity contribution in [3.63, 3.8) is 0 Å². The van der Waals surface area contributed by atoms with Gasteiger partial charge in [0.25, 0.3) is 0 Å². The van der Waals surface area contributed by atoms with Crippen LogP contribution in [0.3, 0.4) is 0 Å². The monoisotopic (exact) mass is 282 g/mol. The molecule has 0 aromatic carbocycles. The molecule has 7 atom stereocenters. The van der Waals surface area contributed by atoms with E-state index in [4.69, 9.17) is 4.52 Å². The second kappa shape index (κ2) is 5.17. The maximum absolute atomic E-state index is 11.6. The third kappa shape index (κ3) is 2.63. The zero-order valence-electron chi connectivity index (χ0n) is 9.79. The van der Waals surface area contributed by atoms with Gasteiger partial charge >= 0.3 is 7.60 Å². The molecular weight excluding hydrogens is 263 g/mol. The third-order valence-electron chi connectivity index (χ3n) is 3.88. The Morgan fingerprint density at radius 2 is 1.78 bits per heavy atom. The Morgan fingerprint density at radius 1 is 1.11 bits per heavy atom. The Balaban J connectivity index is 2.03. The highest BCUT2D eigenvalue weighted by molar-refractivity contribution is 7.53. The van der Waals surface area contributed by atoms with Gasteiger partial charge in [-0.1, -0.05) is 0 Å². The Labute approximate surface area is 105 Å². The van der Waals surface area contributed by atoms with Gasteiger partial charge in [0, 0.05) is 0 Å². The van der Waals surface area contributed by atoms with Crippen LogP contribution in [0.1, 0.15) is 19.3 Å². The third-order valence-corrected chi connectivity index (χ3v) is 5.83. The maximum atomic E-state index is 11.6. The van der Waals surface area contributed by atoms with Crippen LogP contribution in [0.5, 0.6) is 0 Å². The smallest absolute Gasteiger partial charge is 0.331 e. The molecule has 2 aliphatic rings. The van der Waals surface area contributed by atoms with Gasteiger partial charge in [0.2, 0.25) is 0 Å². The number of rotatable bonds is 2. The molecule has 0 amide bonds. The summed E-state index contributed by atoms with van der Waals surface area (Å²) in [7, 11) is -3.64. The first-order valence-electron chi connectivity index (χ1n) is 6.02. The Bertz CT molecular complexity index is 349. The minimum Gasteiger partial charge on any atom is -0.390 e. The molecular formula is C10H19O7P. The number of aliphatic hydroxyl groups is 4. The van der Waals surface area contributed by atoms with Crippen molar-refractivity contribution in [2.75, 3.05) is 6.61 Å². The van der Waals surface area contributed by atoms with Crippen molar-refractivity contribution in [2.24, 2.45) is 5.92 Å². The molecule has 0 aromatic rings. The van der Waals surface area contributed by atoms with E-state index < -0.39 is 43.6 Å². The molecule has 0 radical (unpaired) electrons. The van der Waals surface area contributed by atoms with E-state index in [0.717, 1.165) is 0 Å². The van der Waals surface area contributed by atoms with Crippen LogP contribution in [0, 0.1) is 5.92 Å². The van der Waals surface area contributed by atoms with Gasteiger partial charge in [-0.05, 0) is 25.2 Å². The van der Waals surface area contributed by atoms with Crippen molar-refractivity contribution in [1.82, 2.24) is 0 Å². The Kier molecular flexibility index (Phi) is 4.14. The molecule has 0 spiro atoms. The summed E-state index contributed by atoms with van der Waals surface area (Å²) in [6.07, 6.45) is -4.44. The second-order valence-electron chi connectivity index (χ2n) is 5.11. The van der Waals surface area contributed by atoms with E-state index >= 15 is 0 Å². The van der Waals surface area contributed by atoms with Crippen molar-refractivity contribution in [1.29, 1.82) is 0 Å². The molecule has 0 bridgehead atoms. The highest BCUT2D eigenvalue weighted by Crippen LogP contribution is 2.56. The molecule has 1 aliphatic carbocycles. The minimum absolute atomic E-state index is 0.0931. The number of hydrogen-bond donors (Lipinski definition) is 5. The van der Waals surface area contributed by atoms with Gasteiger partial charge in [-0.3, -0.25) is 4.57 Å². The van der Waals surface area contributed by atoms with E-state index in [2.05, 4.69) is 0 Å². The molecule has 18 heavy (non-hydrogen) atoms. The first-order valence-corrected chi connectivity index (χ1v) is 7.67. The topological polar surface area (TPSA) is 127 Å². The fraction of sp³-hybridized carbons (Fsp3) is 1.00. The van der Waals surface area contributed by atoms with Crippen LogP contribution in [0.2, 0.25) is 0 Å². The first-order chi connectivity index (χ1) is 8.33. The Hall–Kier alpha value is -0.0100. The summed E-state index contributed by atoms with van der Waals surface area (Å²) in [5.74, 6) is -0.523. The van der Waals surface area contributed by atoms with Crippen LogP contribution in [-0.2, 0) is 9.09 Å². The average Bonchev–Trinajstić information content (AvgIpc) is 2.63. The van der Waals surface area contributed by atoms with Gasteiger partial charge in [0.1, 0.15) is 12.2 Å². The lowest BCUT2D eigenvalue weighted by Crippen LogP contribution is -2.53. The van der Waals surface area contributed by atoms with Gasteiger partial charge in [-0.2, -0.15) is 0 Å². The first kappa shape index (κ1) is 14.4. The minimum atomic E-state index is -3.64. The lowest BCUT2D eigenvalue weighted by atomic mass is 9.78. The Morgan fingerprint density at radius 3 is 2.33 bits per heavy atom. The summed E-state index contributed by atoms with van der Waals surface area (Å²) in [6, 6.07) is 0. The van der Waals surface area contributed by atoms with Crippen molar-refractivity contribution < 1.29 is 34.4 Å². The highest BCUT2D eigenvalue weighted by Gasteiger charge is 2.46. The van der Waals surface area contributed by atoms with Crippen LogP contribution in [0.4, 0.5) is 0 Å². The normalized spacial score (nSPS) is 53.6. The number of aliphatic hydroxyl groups excluding tert-OH is 4. The standard InChI is InChI=1S/C10H19O7P/c11-7-4-5(8(12)10(14)9(7)13)3-6-1-2-17-18(6,15)16/h5-14H,1-4H2,(H,15,16)/t5-,6?,7-,8+,9+,10-/m0/s1. The summed E-state index contributed by atoms with van der Waals surface area (Å²) in [4.78, 5) is 9.53. The van der Waals surface area contributed by atoms with Gasteiger partial charge in [-0.25, -0.2) is 0 Å². The molecule has 8 heteroatoms. The second-order valence-corrected chi connectivity index (χ2v) is 7.23. The van der Waals surface area contributed by atoms with Crippen molar-refractivity contribution in [3.05, 3.63) is 0 Å². The van der Waals surface area contributed by atoms with Crippen LogP contribution in [-0.4, -0.2) is 62.0 Å². The predicted octanol–water partition coefficient (Wildman–Crippen LogP) is -1.19. The molecule has 2 unspecified atom stereocenters. The summed E-state index contributed by atoms with van der Waals surface area (Å²) >= 11 is 0. The fourth-order valence-electron chi connectivity index (χ4n) is 2.72. The predicted molar refractivity (Wildman–Crippen MR) is 60.9 cm³/mol. The molecule has 5 N–H and O–H groups in total. The molecule has 1 heterocycles. The molecule has 1 saturated heterocycles.